The Morgan fingerprint density at radius 2 is 1.77 bits per heavy atom. The van der Waals surface area contributed by atoms with E-state index in [1.807, 2.05) is 44.2 Å². The van der Waals surface area contributed by atoms with Crippen LogP contribution in [-0.4, -0.2) is 30.9 Å². The molecule has 2 N–H and O–H groups in total. The smallest absolute Gasteiger partial charge is 0.251 e. The van der Waals surface area contributed by atoms with Crippen LogP contribution in [0.5, 0.6) is 5.75 Å². The first-order valence-electron chi connectivity index (χ1n) is 11.3. The molecule has 178 valence electrons. The second kappa shape index (κ2) is 10.3. The number of hydrogen-bond acceptors (Lipinski definition) is 4. The molecular weight excluding hydrogens is 442 g/mol. The van der Waals surface area contributed by atoms with Crippen molar-refractivity contribution in [2.45, 2.75) is 26.3 Å². The van der Waals surface area contributed by atoms with Gasteiger partial charge in [0.1, 0.15) is 11.8 Å². The molecule has 4 rings (SSSR count). The molecular formula is C28H27N3O4. The van der Waals surface area contributed by atoms with Gasteiger partial charge in [-0.15, -0.1) is 0 Å². The number of nitrogens with zero attached hydrogens (tertiary/aromatic N) is 1. The number of carbonyl (C=O) groups is 3. The van der Waals surface area contributed by atoms with Crippen LogP contribution in [0.4, 0.5) is 17.1 Å². The maximum absolute atomic E-state index is 13.3. The van der Waals surface area contributed by atoms with Crippen molar-refractivity contribution in [1.29, 1.82) is 0 Å². The number of benzene rings is 3. The molecule has 0 radical (unpaired) electrons. The molecule has 3 aromatic rings. The quantitative estimate of drug-likeness (QED) is 0.512. The van der Waals surface area contributed by atoms with Crippen LogP contribution >= 0.6 is 0 Å². The fourth-order valence-electron chi connectivity index (χ4n) is 3.92. The molecule has 0 saturated heterocycles. The zero-order valence-electron chi connectivity index (χ0n) is 19.9. The number of amides is 3. The first-order valence-corrected chi connectivity index (χ1v) is 11.3. The fourth-order valence-corrected chi connectivity index (χ4v) is 3.92. The fraction of sp³-hybridized carbons (Fsp3) is 0.179. The maximum atomic E-state index is 13.3. The average Bonchev–Trinajstić information content (AvgIpc) is 2.85. The number of carbonyl (C=O) groups excluding carboxylic acids is 3. The minimum absolute atomic E-state index is 0.185. The number of ether oxygens (including phenoxy) is 1. The SMILES string of the molecule is COc1ccc(/C=C/C(=O)N2c3ccccc3NC(=O)C2CC(=O)Nc2ccc(C)c(C)c2)cc1. The van der Waals surface area contributed by atoms with Gasteiger partial charge in [0.2, 0.25) is 11.8 Å². The van der Waals surface area contributed by atoms with E-state index in [1.54, 1.807) is 49.6 Å². The lowest BCUT2D eigenvalue weighted by Gasteiger charge is -2.35. The molecule has 1 atom stereocenters. The van der Waals surface area contributed by atoms with Crippen LogP contribution in [0.3, 0.4) is 0 Å². The van der Waals surface area contributed by atoms with E-state index in [9.17, 15) is 14.4 Å². The standard InChI is InChI=1S/C28H27N3O4/c1-18-8-12-21(16-19(18)2)29-26(32)17-25-28(34)30-23-6-4-5-7-24(23)31(25)27(33)15-11-20-9-13-22(35-3)14-10-20/h4-16,25H,17H2,1-3H3,(H,29,32)(H,30,34)/b15-11+. The molecule has 0 aromatic heterocycles. The summed E-state index contributed by atoms with van der Waals surface area (Å²) >= 11 is 0. The molecule has 0 spiro atoms. The van der Waals surface area contributed by atoms with Gasteiger partial charge in [-0.3, -0.25) is 19.3 Å². The van der Waals surface area contributed by atoms with Crippen LogP contribution in [0.15, 0.2) is 72.8 Å². The number of fused-ring (bicyclic) bond motifs is 1. The second-order valence-electron chi connectivity index (χ2n) is 8.39. The van der Waals surface area contributed by atoms with Gasteiger partial charge < -0.3 is 15.4 Å². The topological polar surface area (TPSA) is 87.7 Å². The van der Waals surface area contributed by atoms with Crippen molar-refractivity contribution in [3.63, 3.8) is 0 Å². The highest BCUT2D eigenvalue weighted by Gasteiger charge is 2.37. The Kier molecular flexibility index (Phi) is 6.96. The zero-order chi connectivity index (χ0) is 24.9. The predicted octanol–water partition coefficient (Wildman–Crippen LogP) is 4.71. The highest BCUT2D eigenvalue weighted by atomic mass is 16.5. The lowest BCUT2D eigenvalue weighted by molar-refractivity contribution is -0.124. The van der Waals surface area contributed by atoms with Crippen molar-refractivity contribution in [3.05, 3.63) is 89.5 Å². The Bertz CT molecular complexity index is 1300. The van der Waals surface area contributed by atoms with Gasteiger partial charge in [0, 0.05) is 11.8 Å². The molecule has 1 aliphatic rings. The van der Waals surface area contributed by atoms with Gasteiger partial charge >= 0.3 is 0 Å². The normalized spacial score (nSPS) is 14.9. The van der Waals surface area contributed by atoms with Crippen molar-refractivity contribution >= 4 is 40.9 Å². The number of nitrogens with one attached hydrogen (secondary N) is 2. The van der Waals surface area contributed by atoms with Gasteiger partial charge in [-0.05, 0) is 73.0 Å². The summed E-state index contributed by atoms with van der Waals surface area (Å²) < 4.78 is 5.17. The maximum Gasteiger partial charge on any atom is 0.251 e. The molecule has 7 nitrogen and oxygen atoms in total. The van der Waals surface area contributed by atoms with Crippen molar-refractivity contribution in [2.75, 3.05) is 22.6 Å². The third-order valence-corrected chi connectivity index (χ3v) is 5.98. The predicted molar refractivity (Wildman–Crippen MR) is 138 cm³/mol. The number of methoxy groups -OCH3 is 1. The van der Waals surface area contributed by atoms with Crippen molar-refractivity contribution in [2.24, 2.45) is 0 Å². The van der Waals surface area contributed by atoms with Gasteiger partial charge in [0.15, 0.2) is 0 Å². The van der Waals surface area contributed by atoms with Crippen LogP contribution in [0.1, 0.15) is 23.1 Å². The van der Waals surface area contributed by atoms with Crippen molar-refractivity contribution < 1.29 is 19.1 Å². The van der Waals surface area contributed by atoms with E-state index < -0.39 is 17.9 Å². The molecule has 0 saturated carbocycles. The van der Waals surface area contributed by atoms with Crippen LogP contribution in [-0.2, 0) is 14.4 Å². The number of hydrogen-bond donors (Lipinski definition) is 2. The van der Waals surface area contributed by atoms with Crippen LogP contribution in [0.25, 0.3) is 6.08 Å². The first-order chi connectivity index (χ1) is 16.9. The molecule has 1 aliphatic heterocycles. The van der Waals surface area contributed by atoms with E-state index in [4.69, 9.17) is 4.74 Å². The third-order valence-electron chi connectivity index (χ3n) is 5.98. The highest BCUT2D eigenvalue weighted by molar-refractivity contribution is 6.16. The zero-order valence-corrected chi connectivity index (χ0v) is 19.9. The highest BCUT2D eigenvalue weighted by Crippen LogP contribution is 2.33. The summed E-state index contributed by atoms with van der Waals surface area (Å²) in [5, 5.41) is 5.66. The summed E-state index contributed by atoms with van der Waals surface area (Å²) in [6.07, 6.45) is 2.89. The van der Waals surface area contributed by atoms with Crippen molar-refractivity contribution in [3.8, 4) is 5.75 Å². The minimum Gasteiger partial charge on any atom is -0.497 e. The van der Waals surface area contributed by atoms with Gasteiger partial charge in [-0.1, -0.05) is 30.3 Å². The number of aryl methyl sites for hydroxylation is 2. The van der Waals surface area contributed by atoms with Gasteiger partial charge in [0.05, 0.1) is 24.9 Å². The Morgan fingerprint density at radius 1 is 1.03 bits per heavy atom. The van der Waals surface area contributed by atoms with Crippen molar-refractivity contribution in [1.82, 2.24) is 0 Å². The molecule has 7 heteroatoms. The Morgan fingerprint density at radius 3 is 2.49 bits per heavy atom. The molecule has 1 heterocycles. The van der Waals surface area contributed by atoms with Gasteiger partial charge in [-0.25, -0.2) is 0 Å². The summed E-state index contributed by atoms with van der Waals surface area (Å²) in [5.41, 5.74) is 4.68. The molecule has 0 fully saturated rings. The summed E-state index contributed by atoms with van der Waals surface area (Å²) in [7, 11) is 1.59. The Labute approximate surface area is 204 Å². The number of anilines is 3. The first kappa shape index (κ1) is 23.8. The van der Waals surface area contributed by atoms with Crippen LogP contribution in [0, 0.1) is 13.8 Å². The molecule has 3 amide bonds. The van der Waals surface area contributed by atoms with Crippen LogP contribution in [0.2, 0.25) is 0 Å². The lowest BCUT2D eigenvalue weighted by atomic mass is 10.0. The van der Waals surface area contributed by atoms with E-state index in [1.165, 1.54) is 11.0 Å². The second-order valence-corrected chi connectivity index (χ2v) is 8.39. The van der Waals surface area contributed by atoms with E-state index in [0.29, 0.717) is 22.8 Å². The Balaban J connectivity index is 1.58. The Hall–Kier alpha value is -4.39. The largest absolute Gasteiger partial charge is 0.497 e. The summed E-state index contributed by atoms with van der Waals surface area (Å²) in [5.74, 6) is -0.452. The monoisotopic (exact) mass is 469 g/mol. The van der Waals surface area contributed by atoms with E-state index in [-0.39, 0.29) is 12.3 Å². The molecule has 0 bridgehead atoms. The number of rotatable bonds is 6. The third kappa shape index (κ3) is 5.41. The summed E-state index contributed by atoms with van der Waals surface area (Å²) in [6.45, 7) is 3.96. The summed E-state index contributed by atoms with van der Waals surface area (Å²) in [4.78, 5) is 40.6. The molecule has 35 heavy (non-hydrogen) atoms. The van der Waals surface area contributed by atoms with E-state index in [2.05, 4.69) is 10.6 Å². The minimum atomic E-state index is -0.996. The van der Waals surface area contributed by atoms with E-state index in [0.717, 1.165) is 16.7 Å². The van der Waals surface area contributed by atoms with Crippen LogP contribution < -0.4 is 20.3 Å². The molecule has 3 aromatic carbocycles. The molecule has 1 unspecified atom stereocenters. The van der Waals surface area contributed by atoms with E-state index >= 15 is 0 Å². The summed E-state index contributed by atoms with van der Waals surface area (Å²) in [6, 6.07) is 18.9. The van der Waals surface area contributed by atoms with Gasteiger partial charge in [-0.2, -0.15) is 0 Å². The number of para-hydroxylation sites is 2. The average molecular weight is 470 g/mol. The lowest BCUT2D eigenvalue weighted by Crippen LogP contribution is -2.52. The van der Waals surface area contributed by atoms with Gasteiger partial charge in [0.25, 0.3) is 5.91 Å². The molecule has 0 aliphatic carbocycles.